The lowest BCUT2D eigenvalue weighted by molar-refractivity contribution is -0.118. The maximum Gasteiger partial charge on any atom is 0.137 e. The van der Waals surface area contributed by atoms with Crippen molar-refractivity contribution in [1.82, 2.24) is 0 Å². The van der Waals surface area contributed by atoms with Crippen molar-refractivity contribution in [3.63, 3.8) is 0 Å². The predicted molar refractivity (Wildman–Crippen MR) is 84.1 cm³/mol. The van der Waals surface area contributed by atoms with Gasteiger partial charge in [-0.3, -0.25) is 4.79 Å². The highest BCUT2D eigenvalue weighted by molar-refractivity contribution is 5.87. The summed E-state index contributed by atoms with van der Waals surface area (Å²) < 4.78 is 5.98. The minimum Gasteiger partial charge on any atom is -0.488 e. The molecule has 0 amide bonds. The molecule has 1 aliphatic carbocycles. The predicted octanol–water partition coefficient (Wildman–Crippen LogP) is 4.40. The molecule has 0 N–H and O–H groups in total. The Kier molecular flexibility index (Phi) is 4.15. The van der Waals surface area contributed by atoms with Crippen molar-refractivity contribution in [2.24, 2.45) is 0 Å². The highest BCUT2D eigenvalue weighted by atomic mass is 16.5. The Morgan fingerprint density at radius 1 is 0.905 bits per heavy atom. The van der Waals surface area contributed by atoms with Crippen molar-refractivity contribution in [1.29, 1.82) is 0 Å². The Morgan fingerprint density at radius 3 is 2.43 bits per heavy atom. The van der Waals surface area contributed by atoms with E-state index in [0.717, 1.165) is 23.3 Å². The van der Waals surface area contributed by atoms with Gasteiger partial charge in [0, 0.05) is 18.4 Å². The number of hydrogen-bond donors (Lipinski definition) is 0. The molecular weight excluding hydrogens is 260 g/mol. The Bertz CT molecular complexity index is 656. The topological polar surface area (TPSA) is 26.3 Å². The summed E-state index contributed by atoms with van der Waals surface area (Å²) in [5, 5.41) is 0. The first-order chi connectivity index (χ1) is 10.3. The van der Waals surface area contributed by atoms with Gasteiger partial charge in [0.25, 0.3) is 0 Å². The zero-order valence-electron chi connectivity index (χ0n) is 11.9. The summed E-state index contributed by atoms with van der Waals surface area (Å²) >= 11 is 0. The second-order valence-electron chi connectivity index (χ2n) is 5.24. The van der Waals surface area contributed by atoms with Crippen LogP contribution in [0.15, 0.2) is 60.7 Å². The van der Waals surface area contributed by atoms with Gasteiger partial charge in [-0.15, -0.1) is 0 Å². The second-order valence-corrected chi connectivity index (χ2v) is 5.24. The number of carbonyl (C=O) groups is 1. The lowest BCUT2D eigenvalue weighted by Crippen LogP contribution is -2.04. The van der Waals surface area contributed by atoms with Gasteiger partial charge in [0.2, 0.25) is 0 Å². The minimum atomic E-state index is 0.321. The zero-order valence-corrected chi connectivity index (χ0v) is 11.9. The van der Waals surface area contributed by atoms with E-state index >= 15 is 0 Å². The number of Topliss-reactive ketones (excluding diaryl/α,β-unsaturated/α-hetero) is 1. The van der Waals surface area contributed by atoms with E-state index in [4.69, 9.17) is 4.74 Å². The van der Waals surface area contributed by atoms with Gasteiger partial charge in [0.05, 0.1) is 0 Å². The van der Waals surface area contributed by atoms with E-state index in [0.29, 0.717) is 25.2 Å². The first-order valence-corrected chi connectivity index (χ1v) is 7.30. The molecule has 0 spiro atoms. The second kappa shape index (κ2) is 6.40. The maximum absolute atomic E-state index is 11.4. The smallest absolute Gasteiger partial charge is 0.137 e. The van der Waals surface area contributed by atoms with Crippen LogP contribution in [0.3, 0.4) is 0 Å². The van der Waals surface area contributed by atoms with Gasteiger partial charge in [0.15, 0.2) is 0 Å². The maximum atomic E-state index is 11.4. The lowest BCUT2D eigenvalue weighted by atomic mass is 9.92. The number of rotatable bonds is 4. The molecule has 106 valence electrons. The van der Waals surface area contributed by atoms with Gasteiger partial charge >= 0.3 is 0 Å². The third kappa shape index (κ3) is 3.40. The molecular formula is C19H18O2. The Labute approximate surface area is 125 Å². The Morgan fingerprint density at radius 2 is 1.67 bits per heavy atom. The van der Waals surface area contributed by atoms with Crippen molar-refractivity contribution < 1.29 is 9.53 Å². The Balaban J connectivity index is 1.78. The number of benzene rings is 2. The van der Waals surface area contributed by atoms with Gasteiger partial charge in [-0.1, -0.05) is 54.6 Å². The number of ketones is 1. The van der Waals surface area contributed by atoms with Crippen LogP contribution in [0.1, 0.15) is 30.4 Å². The quantitative estimate of drug-likeness (QED) is 0.828. The summed E-state index contributed by atoms with van der Waals surface area (Å²) in [5.74, 6) is 1.21. The third-order valence-electron chi connectivity index (χ3n) is 3.72. The van der Waals surface area contributed by atoms with E-state index in [1.807, 2.05) is 42.5 Å². The molecule has 0 unspecified atom stereocenters. The van der Waals surface area contributed by atoms with Gasteiger partial charge in [-0.2, -0.15) is 0 Å². The van der Waals surface area contributed by atoms with Crippen molar-refractivity contribution >= 4 is 11.4 Å². The third-order valence-corrected chi connectivity index (χ3v) is 3.72. The summed E-state index contributed by atoms with van der Waals surface area (Å²) in [6.07, 6.45) is 4.03. The fraction of sp³-hybridized carbons (Fsp3) is 0.211. The van der Waals surface area contributed by atoms with Crippen molar-refractivity contribution in [3.8, 4) is 5.75 Å². The Hall–Kier alpha value is -2.35. The SMILES string of the molecule is O=C1CC=C(c2ccccc2OCc2ccccc2)CC1. The molecule has 3 rings (SSSR count). The van der Waals surface area contributed by atoms with Crippen LogP contribution < -0.4 is 4.74 Å². The van der Waals surface area contributed by atoms with Crippen LogP contribution in [0.5, 0.6) is 5.75 Å². The van der Waals surface area contributed by atoms with Crippen LogP contribution in [-0.4, -0.2) is 5.78 Å². The van der Waals surface area contributed by atoms with E-state index < -0.39 is 0 Å². The molecule has 21 heavy (non-hydrogen) atoms. The van der Waals surface area contributed by atoms with Crippen LogP contribution in [0.25, 0.3) is 5.57 Å². The van der Waals surface area contributed by atoms with Gasteiger partial charge < -0.3 is 4.74 Å². The summed E-state index contributed by atoms with van der Waals surface area (Å²) in [5.41, 5.74) is 3.49. The zero-order chi connectivity index (χ0) is 14.5. The van der Waals surface area contributed by atoms with Crippen molar-refractivity contribution in [3.05, 3.63) is 71.8 Å². The molecule has 0 saturated carbocycles. The number of ether oxygens (including phenoxy) is 1. The standard InChI is InChI=1S/C19H18O2/c20-17-12-10-16(11-13-17)18-8-4-5-9-19(18)21-14-15-6-2-1-3-7-15/h1-10H,11-14H2. The normalized spacial score (nSPS) is 14.7. The molecule has 0 bridgehead atoms. The van der Waals surface area contributed by atoms with Crippen LogP contribution in [0, 0.1) is 0 Å². The number of allylic oxidation sites excluding steroid dienone is 2. The molecule has 0 radical (unpaired) electrons. The summed E-state index contributed by atoms with van der Waals surface area (Å²) in [4.78, 5) is 11.4. The number of carbonyl (C=O) groups excluding carboxylic acids is 1. The van der Waals surface area contributed by atoms with E-state index in [2.05, 4.69) is 18.2 Å². The molecule has 0 fully saturated rings. The van der Waals surface area contributed by atoms with Crippen LogP contribution in [0.2, 0.25) is 0 Å². The number of hydrogen-bond acceptors (Lipinski definition) is 2. The van der Waals surface area contributed by atoms with Gasteiger partial charge in [-0.25, -0.2) is 0 Å². The average Bonchev–Trinajstić information content (AvgIpc) is 2.55. The summed E-state index contributed by atoms with van der Waals surface area (Å²) in [6.45, 7) is 0.560. The van der Waals surface area contributed by atoms with E-state index in [1.54, 1.807) is 0 Å². The molecule has 0 atom stereocenters. The molecule has 2 nitrogen and oxygen atoms in total. The highest BCUT2D eigenvalue weighted by Crippen LogP contribution is 2.32. The lowest BCUT2D eigenvalue weighted by Gasteiger charge is -2.16. The van der Waals surface area contributed by atoms with Gasteiger partial charge in [0.1, 0.15) is 18.1 Å². The van der Waals surface area contributed by atoms with Crippen LogP contribution in [-0.2, 0) is 11.4 Å². The van der Waals surface area contributed by atoms with Crippen molar-refractivity contribution in [2.45, 2.75) is 25.9 Å². The fourth-order valence-corrected chi connectivity index (χ4v) is 2.55. The van der Waals surface area contributed by atoms with Crippen LogP contribution >= 0.6 is 0 Å². The highest BCUT2D eigenvalue weighted by Gasteiger charge is 2.14. The first kappa shape index (κ1) is 13.6. The van der Waals surface area contributed by atoms with Crippen LogP contribution in [0.4, 0.5) is 0 Å². The largest absolute Gasteiger partial charge is 0.488 e. The molecule has 2 heteroatoms. The number of para-hydroxylation sites is 1. The molecule has 2 aromatic carbocycles. The van der Waals surface area contributed by atoms with E-state index in [9.17, 15) is 4.79 Å². The summed E-state index contributed by atoms with van der Waals surface area (Å²) in [7, 11) is 0. The summed E-state index contributed by atoms with van der Waals surface area (Å²) in [6, 6.07) is 18.2. The minimum absolute atomic E-state index is 0.321. The van der Waals surface area contributed by atoms with Gasteiger partial charge in [-0.05, 0) is 23.6 Å². The van der Waals surface area contributed by atoms with E-state index in [1.165, 1.54) is 5.57 Å². The monoisotopic (exact) mass is 278 g/mol. The molecule has 0 saturated heterocycles. The molecule has 0 aliphatic heterocycles. The fourth-order valence-electron chi connectivity index (χ4n) is 2.55. The first-order valence-electron chi connectivity index (χ1n) is 7.30. The molecule has 1 aliphatic rings. The average molecular weight is 278 g/mol. The van der Waals surface area contributed by atoms with E-state index in [-0.39, 0.29) is 0 Å². The molecule has 2 aromatic rings. The van der Waals surface area contributed by atoms with Crippen molar-refractivity contribution in [2.75, 3.05) is 0 Å². The molecule has 0 heterocycles. The molecule has 0 aromatic heterocycles.